The van der Waals surface area contributed by atoms with Crippen LogP contribution >= 0.6 is 0 Å². The number of nitrogens with zero attached hydrogens (tertiary/aromatic N) is 2. The lowest BCUT2D eigenvalue weighted by Crippen LogP contribution is -2.38. The molecule has 0 radical (unpaired) electrons. The number of pyridine rings is 1. The van der Waals surface area contributed by atoms with E-state index in [2.05, 4.69) is 4.98 Å². The van der Waals surface area contributed by atoms with E-state index in [1.807, 2.05) is 4.98 Å². The van der Waals surface area contributed by atoms with Crippen LogP contribution in [0.25, 0.3) is 22.2 Å². The Morgan fingerprint density at radius 2 is 1.89 bits per heavy atom. The highest BCUT2D eigenvalue weighted by atomic mass is 32.2. The van der Waals surface area contributed by atoms with E-state index in [1.165, 1.54) is 24.4 Å². The molecule has 0 fully saturated rings. The van der Waals surface area contributed by atoms with Gasteiger partial charge in [-0.05, 0) is 24.3 Å². The number of alkyl halides is 3. The number of sulfonamides is 1. The monoisotopic (exact) mass is 400 g/mol. The van der Waals surface area contributed by atoms with Gasteiger partial charge in [-0.2, -0.15) is 17.8 Å². The third-order valence-electron chi connectivity index (χ3n) is 3.55. The smallest absolute Gasteiger partial charge is 0.272 e. The van der Waals surface area contributed by atoms with Crippen molar-refractivity contribution in [3.05, 3.63) is 62.9 Å². The molecule has 2 heterocycles. The van der Waals surface area contributed by atoms with Crippen molar-refractivity contribution in [1.29, 1.82) is 0 Å². The Morgan fingerprint density at radius 1 is 1.19 bits per heavy atom. The van der Waals surface area contributed by atoms with Gasteiger partial charge in [-0.15, -0.1) is 0 Å². The third-order valence-corrected chi connectivity index (χ3v) is 4.06. The molecule has 0 bridgehead atoms. The number of benzene rings is 1. The second-order valence-corrected chi connectivity index (χ2v) is 7.31. The van der Waals surface area contributed by atoms with Gasteiger partial charge in [0.15, 0.2) is 0 Å². The van der Waals surface area contributed by atoms with E-state index in [0.717, 1.165) is 6.07 Å². The molecule has 142 valence electrons. The molecule has 0 atom stereocenters. The predicted molar refractivity (Wildman–Crippen MR) is 91.3 cm³/mol. The standard InChI is InChI=1S/C15H11F3N4O4S/c1-27(25,26)21-22-12-7-10(15(16,17)18)8(11-4-2-3-5-19-11)6-9(12)13(23)20-14(22)24/h2-7,21H,1H3,(H,20,23,24). The summed E-state index contributed by atoms with van der Waals surface area (Å²) in [5, 5.41) is -0.320. The summed E-state index contributed by atoms with van der Waals surface area (Å²) in [5.41, 5.74) is -4.33. The molecule has 12 heteroatoms. The first-order valence-electron chi connectivity index (χ1n) is 7.27. The number of H-pyrrole nitrogens is 1. The van der Waals surface area contributed by atoms with Gasteiger partial charge in [0.25, 0.3) is 5.56 Å². The molecule has 0 amide bonds. The lowest BCUT2D eigenvalue weighted by Gasteiger charge is -2.16. The average Bonchev–Trinajstić information content (AvgIpc) is 2.56. The number of fused-ring (bicyclic) bond motifs is 1. The maximum absolute atomic E-state index is 13.6. The minimum Gasteiger partial charge on any atom is -0.272 e. The first-order chi connectivity index (χ1) is 12.5. The summed E-state index contributed by atoms with van der Waals surface area (Å²) in [7, 11) is -4.02. The highest BCUT2D eigenvalue weighted by molar-refractivity contribution is 7.91. The van der Waals surface area contributed by atoms with Crippen molar-refractivity contribution in [3.63, 3.8) is 0 Å². The lowest BCUT2D eigenvalue weighted by atomic mass is 10.0. The molecular weight excluding hydrogens is 389 g/mol. The Labute approximate surface area is 149 Å². The zero-order valence-electron chi connectivity index (χ0n) is 13.5. The average molecular weight is 400 g/mol. The number of halogens is 3. The van der Waals surface area contributed by atoms with E-state index in [-0.39, 0.29) is 16.6 Å². The van der Waals surface area contributed by atoms with E-state index < -0.39 is 38.5 Å². The molecule has 27 heavy (non-hydrogen) atoms. The van der Waals surface area contributed by atoms with Gasteiger partial charge in [0.05, 0.1) is 28.4 Å². The van der Waals surface area contributed by atoms with Crippen LogP contribution in [-0.2, 0) is 16.2 Å². The number of aromatic nitrogens is 3. The van der Waals surface area contributed by atoms with Crippen LogP contribution in [0.3, 0.4) is 0 Å². The zero-order chi connectivity index (χ0) is 20.0. The third kappa shape index (κ3) is 3.69. The second kappa shape index (κ2) is 6.23. The van der Waals surface area contributed by atoms with E-state index in [0.29, 0.717) is 17.0 Å². The van der Waals surface area contributed by atoms with Gasteiger partial charge in [0.1, 0.15) is 0 Å². The maximum Gasteiger partial charge on any atom is 0.417 e. The molecule has 3 rings (SSSR count). The normalized spacial score (nSPS) is 12.3. The minimum absolute atomic E-state index is 0.0417. The molecule has 0 aliphatic rings. The molecule has 0 aliphatic heterocycles. The Bertz CT molecular complexity index is 1250. The summed E-state index contributed by atoms with van der Waals surface area (Å²) in [5.74, 6) is 0. The molecular formula is C15H11F3N4O4S. The zero-order valence-corrected chi connectivity index (χ0v) is 14.4. The molecule has 0 saturated carbocycles. The van der Waals surface area contributed by atoms with Crippen LogP contribution in [0.2, 0.25) is 0 Å². The van der Waals surface area contributed by atoms with Crippen LogP contribution in [0.4, 0.5) is 13.2 Å². The topological polar surface area (TPSA) is 114 Å². The van der Waals surface area contributed by atoms with E-state index >= 15 is 0 Å². The number of rotatable bonds is 3. The fraction of sp³-hybridized carbons (Fsp3) is 0.133. The molecule has 8 nitrogen and oxygen atoms in total. The maximum atomic E-state index is 13.6. The summed E-state index contributed by atoms with van der Waals surface area (Å²) in [6, 6.07) is 5.77. The summed E-state index contributed by atoms with van der Waals surface area (Å²) in [6.07, 6.45) is -2.85. The van der Waals surface area contributed by atoms with Gasteiger partial charge in [-0.1, -0.05) is 6.07 Å². The first-order valence-corrected chi connectivity index (χ1v) is 9.16. The fourth-order valence-electron chi connectivity index (χ4n) is 2.51. The van der Waals surface area contributed by atoms with Crippen molar-refractivity contribution in [1.82, 2.24) is 14.6 Å². The molecule has 0 spiro atoms. The van der Waals surface area contributed by atoms with Crippen LogP contribution < -0.4 is 16.1 Å². The molecule has 3 aromatic rings. The van der Waals surface area contributed by atoms with Crippen molar-refractivity contribution >= 4 is 20.9 Å². The molecule has 0 saturated heterocycles. The number of aromatic amines is 1. The van der Waals surface area contributed by atoms with Crippen molar-refractivity contribution < 1.29 is 21.6 Å². The van der Waals surface area contributed by atoms with Crippen molar-refractivity contribution in [2.75, 3.05) is 11.1 Å². The van der Waals surface area contributed by atoms with Gasteiger partial charge < -0.3 is 0 Å². The number of nitrogens with one attached hydrogen (secondary N) is 2. The van der Waals surface area contributed by atoms with Gasteiger partial charge >= 0.3 is 11.9 Å². The molecule has 2 N–H and O–H groups in total. The van der Waals surface area contributed by atoms with Crippen LogP contribution in [-0.4, -0.2) is 29.3 Å². The first kappa shape index (κ1) is 18.6. The molecule has 0 unspecified atom stereocenters. The fourth-order valence-corrected chi connectivity index (χ4v) is 3.02. The molecule has 2 aromatic heterocycles. The number of hydrogen-bond acceptors (Lipinski definition) is 5. The molecule has 0 aliphatic carbocycles. The second-order valence-electron chi connectivity index (χ2n) is 5.59. The molecule has 1 aromatic carbocycles. The van der Waals surface area contributed by atoms with Crippen LogP contribution in [0, 0.1) is 0 Å². The van der Waals surface area contributed by atoms with E-state index in [9.17, 15) is 31.2 Å². The minimum atomic E-state index is -4.85. The lowest BCUT2D eigenvalue weighted by molar-refractivity contribution is -0.137. The largest absolute Gasteiger partial charge is 0.417 e. The van der Waals surface area contributed by atoms with E-state index in [4.69, 9.17) is 0 Å². The van der Waals surface area contributed by atoms with Crippen LogP contribution in [0.15, 0.2) is 46.1 Å². The Hall–Kier alpha value is -3.15. The Morgan fingerprint density at radius 3 is 2.44 bits per heavy atom. The number of hydrogen-bond donors (Lipinski definition) is 2. The van der Waals surface area contributed by atoms with Crippen molar-refractivity contribution in [3.8, 4) is 11.3 Å². The van der Waals surface area contributed by atoms with Gasteiger partial charge in [-0.25, -0.2) is 18.0 Å². The summed E-state index contributed by atoms with van der Waals surface area (Å²) in [6.45, 7) is 0. The van der Waals surface area contributed by atoms with Crippen LogP contribution in [0.1, 0.15) is 5.56 Å². The SMILES string of the molecule is CS(=O)(=O)Nn1c(=O)[nH]c(=O)c2cc(-c3ccccn3)c(C(F)(F)F)cc21. The van der Waals surface area contributed by atoms with Gasteiger partial charge in [-0.3, -0.25) is 14.8 Å². The Balaban J connectivity index is 2.47. The summed E-state index contributed by atoms with van der Waals surface area (Å²) < 4.78 is 64.0. The van der Waals surface area contributed by atoms with Gasteiger partial charge in [0, 0.05) is 11.8 Å². The van der Waals surface area contributed by atoms with Crippen molar-refractivity contribution in [2.45, 2.75) is 6.18 Å². The van der Waals surface area contributed by atoms with Crippen molar-refractivity contribution in [2.24, 2.45) is 0 Å². The Kier molecular flexibility index (Phi) is 4.30. The van der Waals surface area contributed by atoms with Crippen LogP contribution in [0.5, 0.6) is 0 Å². The quantitative estimate of drug-likeness (QED) is 0.687. The highest BCUT2D eigenvalue weighted by Gasteiger charge is 2.35. The summed E-state index contributed by atoms with van der Waals surface area (Å²) >= 11 is 0. The highest BCUT2D eigenvalue weighted by Crippen LogP contribution is 2.38. The van der Waals surface area contributed by atoms with E-state index in [1.54, 1.807) is 4.83 Å². The summed E-state index contributed by atoms with van der Waals surface area (Å²) in [4.78, 5) is 31.6. The van der Waals surface area contributed by atoms with Gasteiger partial charge in [0.2, 0.25) is 10.0 Å². The predicted octanol–water partition coefficient (Wildman–Crippen LogP) is 1.27.